The molecule has 1 aromatic heterocycles. The highest BCUT2D eigenvalue weighted by molar-refractivity contribution is 5.88. The molecule has 0 aliphatic carbocycles. The van der Waals surface area contributed by atoms with Gasteiger partial charge in [0.25, 0.3) is 0 Å². The Labute approximate surface area is 242 Å². The summed E-state index contributed by atoms with van der Waals surface area (Å²) >= 11 is 0. The van der Waals surface area contributed by atoms with Crippen LogP contribution in [0.15, 0.2) is 51.9 Å². The predicted octanol–water partition coefficient (Wildman–Crippen LogP) is 5.75. The Kier molecular flexibility index (Phi) is 12.7. The average molecular weight is 585 g/mol. The number of benzene rings is 2. The van der Waals surface area contributed by atoms with E-state index in [-0.39, 0.29) is 54.6 Å². The smallest absolute Gasteiger partial charge is 0.303 e. The molecule has 3 aromatic rings. The summed E-state index contributed by atoms with van der Waals surface area (Å²) in [6, 6.07) is 10.1. The number of hydrogen-bond acceptors (Lipinski definition) is 8. The molecule has 0 bridgehead atoms. The monoisotopic (exact) mass is 584 g/mol. The van der Waals surface area contributed by atoms with Crippen LogP contribution >= 0.6 is 0 Å². The number of rotatable bonds is 20. The number of carbonyl (C=O) groups is 3. The highest BCUT2D eigenvalue weighted by Crippen LogP contribution is 2.32. The number of ether oxygens (including phenoxy) is 3. The summed E-state index contributed by atoms with van der Waals surface area (Å²) in [5.41, 5.74) is 0.910. The Bertz CT molecular complexity index is 1390. The van der Waals surface area contributed by atoms with Crippen LogP contribution < -0.4 is 19.6 Å². The van der Waals surface area contributed by atoms with Crippen molar-refractivity contribution in [2.75, 3.05) is 19.8 Å². The molecular formula is C31H36O11. The second kappa shape index (κ2) is 16.7. The zero-order valence-electron chi connectivity index (χ0n) is 23.3. The molecule has 226 valence electrons. The zero-order chi connectivity index (χ0) is 30.3. The van der Waals surface area contributed by atoms with Crippen molar-refractivity contribution in [3.8, 4) is 28.4 Å². The van der Waals surface area contributed by atoms with Crippen LogP contribution in [0.2, 0.25) is 0 Å². The molecule has 0 saturated heterocycles. The minimum absolute atomic E-state index is 0.0505. The molecule has 2 aromatic carbocycles. The molecule has 0 atom stereocenters. The minimum Gasteiger partial charge on any atom is -0.494 e. The quantitative estimate of drug-likeness (QED) is 0.138. The molecule has 11 nitrogen and oxygen atoms in total. The summed E-state index contributed by atoms with van der Waals surface area (Å²) < 4.78 is 23.3. The van der Waals surface area contributed by atoms with E-state index in [0.29, 0.717) is 74.2 Å². The molecular weight excluding hydrogens is 548 g/mol. The van der Waals surface area contributed by atoms with E-state index in [0.717, 1.165) is 0 Å². The maximum absolute atomic E-state index is 13.6. The zero-order valence-corrected chi connectivity index (χ0v) is 23.3. The summed E-state index contributed by atoms with van der Waals surface area (Å²) in [5.74, 6) is -1.27. The van der Waals surface area contributed by atoms with Crippen molar-refractivity contribution in [1.29, 1.82) is 0 Å². The van der Waals surface area contributed by atoms with Crippen molar-refractivity contribution >= 4 is 28.9 Å². The van der Waals surface area contributed by atoms with Crippen LogP contribution in [0.25, 0.3) is 22.1 Å². The first-order chi connectivity index (χ1) is 20.2. The van der Waals surface area contributed by atoms with Gasteiger partial charge in [-0.1, -0.05) is 12.1 Å². The van der Waals surface area contributed by atoms with E-state index in [4.69, 9.17) is 33.9 Å². The fourth-order valence-electron chi connectivity index (χ4n) is 4.19. The summed E-state index contributed by atoms with van der Waals surface area (Å²) in [4.78, 5) is 45.7. The van der Waals surface area contributed by atoms with Crippen LogP contribution in [0.3, 0.4) is 0 Å². The third-order valence-corrected chi connectivity index (χ3v) is 6.38. The molecule has 0 spiro atoms. The first kappa shape index (κ1) is 32.0. The Balaban J connectivity index is 1.77. The molecule has 42 heavy (non-hydrogen) atoms. The molecule has 0 aliphatic rings. The Morgan fingerprint density at radius 2 is 1.17 bits per heavy atom. The fraction of sp³-hybridized carbons (Fsp3) is 0.419. The van der Waals surface area contributed by atoms with Crippen LogP contribution in [0, 0.1) is 0 Å². The summed E-state index contributed by atoms with van der Waals surface area (Å²) in [5, 5.41) is 26.6. The minimum atomic E-state index is -0.868. The molecule has 3 rings (SSSR count). The Morgan fingerprint density at radius 3 is 1.76 bits per heavy atom. The molecule has 3 N–H and O–H groups in total. The highest BCUT2D eigenvalue weighted by atomic mass is 16.5. The van der Waals surface area contributed by atoms with E-state index < -0.39 is 17.9 Å². The Morgan fingerprint density at radius 1 is 0.643 bits per heavy atom. The summed E-state index contributed by atoms with van der Waals surface area (Å²) in [7, 11) is 0. The van der Waals surface area contributed by atoms with Crippen molar-refractivity contribution in [3.63, 3.8) is 0 Å². The van der Waals surface area contributed by atoms with Gasteiger partial charge in [-0.25, -0.2) is 0 Å². The van der Waals surface area contributed by atoms with Crippen molar-refractivity contribution in [3.05, 3.63) is 52.9 Å². The van der Waals surface area contributed by atoms with E-state index in [1.165, 1.54) is 6.26 Å². The lowest BCUT2D eigenvalue weighted by atomic mass is 10.0. The number of carboxylic acids is 3. The first-order valence-corrected chi connectivity index (χ1v) is 14.0. The molecule has 0 aliphatic heterocycles. The van der Waals surface area contributed by atoms with Gasteiger partial charge in [-0.2, -0.15) is 0 Å². The third kappa shape index (κ3) is 10.5. The van der Waals surface area contributed by atoms with Crippen LogP contribution in [-0.2, 0) is 14.4 Å². The van der Waals surface area contributed by atoms with Crippen LogP contribution in [-0.4, -0.2) is 53.0 Å². The van der Waals surface area contributed by atoms with E-state index in [2.05, 4.69) is 0 Å². The SMILES string of the molecule is O=C(O)CCCCCOc1cc(OCCCCC(=O)O)cc2occ(-c3ccc(OCCCCC(=O)O)cc3)c(=O)c12. The van der Waals surface area contributed by atoms with Gasteiger partial charge < -0.3 is 33.9 Å². The third-order valence-electron chi connectivity index (χ3n) is 6.38. The number of fused-ring (bicyclic) bond motifs is 1. The molecule has 1 heterocycles. The molecule has 0 fully saturated rings. The maximum atomic E-state index is 13.6. The summed E-state index contributed by atoms with van der Waals surface area (Å²) in [6.07, 6.45) is 5.50. The largest absolute Gasteiger partial charge is 0.494 e. The maximum Gasteiger partial charge on any atom is 0.303 e. The van der Waals surface area contributed by atoms with Gasteiger partial charge >= 0.3 is 17.9 Å². The average Bonchev–Trinajstić information content (AvgIpc) is 2.94. The number of hydrogen-bond donors (Lipinski definition) is 3. The van der Waals surface area contributed by atoms with E-state index >= 15 is 0 Å². The van der Waals surface area contributed by atoms with Gasteiger partial charge in [0.05, 0.1) is 25.4 Å². The van der Waals surface area contributed by atoms with Crippen molar-refractivity contribution in [1.82, 2.24) is 0 Å². The first-order valence-electron chi connectivity index (χ1n) is 14.0. The van der Waals surface area contributed by atoms with Crippen molar-refractivity contribution in [2.24, 2.45) is 0 Å². The standard InChI is InChI=1S/C31H36O11/c32-27(33)8-2-1-5-17-41-25-18-23(40-16-7-4-10-29(36)37)19-26-30(25)31(38)24(20-42-26)21-11-13-22(14-12-21)39-15-6-3-9-28(34)35/h11-14,18-20H,1-10,15-17H2,(H,32,33)(H,34,35)(H,36,37). The lowest BCUT2D eigenvalue weighted by Gasteiger charge is -2.13. The molecule has 0 saturated carbocycles. The molecule has 11 heteroatoms. The highest BCUT2D eigenvalue weighted by Gasteiger charge is 2.16. The van der Waals surface area contributed by atoms with Gasteiger partial charge in [0.15, 0.2) is 0 Å². The van der Waals surface area contributed by atoms with Gasteiger partial charge in [0.1, 0.15) is 34.5 Å². The summed E-state index contributed by atoms with van der Waals surface area (Å²) in [6.45, 7) is 0.925. The Hall–Kier alpha value is -4.54. The molecule has 0 amide bonds. The van der Waals surface area contributed by atoms with Crippen LogP contribution in [0.4, 0.5) is 0 Å². The predicted molar refractivity (Wildman–Crippen MR) is 153 cm³/mol. The van der Waals surface area contributed by atoms with Gasteiger partial charge in [0, 0.05) is 31.4 Å². The second-order valence-corrected chi connectivity index (χ2v) is 9.75. The lowest BCUT2D eigenvalue weighted by Crippen LogP contribution is -2.09. The van der Waals surface area contributed by atoms with Crippen molar-refractivity contribution < 1.29 is 48.3 Å². The second-order valence-electron chi connectivity index (χ2n) is 9.75. The van der Waals surface area contributed by atoms with Crippen LogP contribution in [0.1, 0.15) is 64.2 Å². The molecule has 0 unspecified atom stereocenters. The van der Waals surface area contributed by atoms with Crippen LogP contribution in [0.5, 0.6) is 17.2 Å². The fourth-order valence-corrected chi connectivity index (χ4v) is 4.19. The van der Waals surface area contributed by atoms with E-state index in [1.54, 1.807) is 36.4 Å². The normalized spacial score (nSPS) is 10.9. The van der Waals surface area contributed by atoms with E-state index in [9.17, 15) is 19.2 Å². The van der Waals surface area contributed by atoms with E-state index in [1.807, 2.05) is 0 Å². The lowest BCUT2D eigenvalue weighted by molar-refractivity contribution is -0.138. The van der Waals surface area contributed by atoms with Crippen molar-refractivity contribution in [2.45, 2.75) is 64.2 Å². The van der Waals surface area contributed by atoms with Gasteiger partial charge in [0.2, 0.25) is 5.43 Å². The number of unbranched alkanes of at least 4 members (excludes halogenated alkanes) is 4. The van der Waals surface area contributed by atoms with Gasteiger partial charge in [-0.05, 0) is 62.6 Å². The van der Waals surface area contributed by atoms with Gasteiger partial charge in [-0.3, -0.25) is 19.2 Å². The topological polar surface area (TPSA) is 170 Å². The van der Waals surface area contributed by atoms with Gasteiger partial charge in [-0.15, -0.1) is 0 Å². The molecule has 0 radical (unpaired) electrons. The number of carboxylic acid groups (broad SMARTS) is 3. The number of aliphatic carboxylic acids is 3.